The largest absolute Gasteiger partial charge is 0.431 e. The predicted molar refractivity (Wildman–Crippen MR) is 52.2 cm³/mol. The van der Waals surface area contributed by atoms with Crippen LogP contribution in [0.2, 0.25) is 0 Å². The van der Waals surface area contributed by atoms with E-state index in [9.17, 15) is 4.79 Å². The molecule has 1 aliphatic rings. The lowest BCUT2D eigenvalue weighted by molar-refractivity contribution is -0.139. The average molecular weight is 182 g/mol. The minimum atomic E-state index is -0.105. The smallest absolute Gasteiger partial charge is 0.310 e. The topological polar surface area (TPSA) is 26.3 Å². The van der Waals surface area contributed by atoms with Gasteiger partial charge < -0.3 is 4.74 Å². The molecule has 0 heterocycles. The first kappa shape index (κ1) is 10.3. The van der Waals surface area contributed by atoms with Crippen LogP contribution in [0.25, 0.3) is 0 Å². The normalized spacial score (nSPS) is 22.4. The molecule has 0 aromatic carbocycles. The van der Waals surface area contributed by atoms with Crippen molar-refractivity contribution in [3.05, 3.63) is 11.8 Å². The van der Waals surface area contributed by atoms with Crippen LogP contribution < -0.4 is 0 Å². The van der Waals surface area contributed by atoms with Crippen LogP contribution >= 0.6 is 0 Å². The van der Waals surface area contributed by atoms with E-state index >= 15 is 0 Å². The third kappa shape index (κ3) is 4.11. The first-order chi connectivity index (χ1) is 6.33. The monoisotopic (exact) mass is 182 g/mol. The summed E-state index contributed by atoms with van der Waals surface area (Å²) in [5.74, 6) is 0.790. The Kier molecular flexibility index (Phi) is 4.58. The summed E-state index contributed by atoms with van der Waals surface area (Å²) in [4.78, 5) is 11.0. The van der Waals surface area contributed by atoms with Crippen LogP contribution in [0.1, 0.15) is 51.9 Å². The van der Waals surface area contributed by atoms with Crippen molar-refractivity contribution in [2.75, 3.05) is 0 Å². The Bertz CT molecular complexity index is 194. The molecule has 13 heavy (non-hydrogen) atoms. The Hall–Kier alpha value is -0.790. The third-order valence-corrected chi connectivity index (χ3v) is 2.28. The van der Waals surface area contributed by atoms with E-state index in [1.54, 1.807) is 0 Å². The lowest BCUT2D eigenvalue weighted by atomic mass is 10.1. The summed E-state index contributed by atoms with van der Waals surface area (Å²) in [6.45, 7) is 1.83. The van der Waals surface area contributed by atoms with E-state index in [0.717, 1.165) is 25.0 Å². The first-order valence-electron chi connectivity index (χ1n) is 5.22. The summed E-state index contributed by atoms with van der Waals surface area (Å²) in [6, 6.07) is 0. The highest BCUT2D eigenvalue weighted by Gasteiger charge is 2.06. The Labute approximate surface area is 80.0 Å². The second-order valence-corrected chi connectivity index (χ2v) is 3.45. The molecule has 0 aliphatic heterocycles. The van der Waals surface area contributed by atoms with Crippen LogP contribution in [0, 0.1) is 0 Å². The van der Waals surface area contributed by atoms with E-state index in [4.69, 9.17) is 4.74 Å². The van der Waals surface area contributed by atoms with Gasteiger partial charge in [0, 0.05) is 12.8 Å². The van der Waals surface area contributed by atoms with Crippen LogP contribution in [0.5, 0.6) is 0 Å². The van der Waals surface area contributed by atoms with Gasteiger partial charge >= 0.3 is 5.97 Å². The summed E-state index contributed by atoms with van der Waals surface area (Å²) in [6.07, 6.45) is 9.50. The first-order valence-corrected chi connectivity index (χ1v) is 5.22. The molecule has 74 valence electrons. The van der Waals surface area contributed by atoms with Crippen molar-refractivity contribution in [1.29, 1.82) is 0 Å². The summed E-state index contributed by atoms with van der Waals surface area (Å²) < 4.78 is 5.20. The van der Waals surface area contributed by atoms with Crippen molar-refractivity contribution in [3.8, 4) is 0 Å². The van der Waals surface area contributed by atoms with Gasteiger partial charge in [0.15, 0.2) is 0 Å². The molecule has 2 heteroatoms. The van der Waals surface area contributed by atoms with Crippen molar-refractivity contribution >= 4 is 5.97 Å². The molecule has 0 aromatic rings. The van der Waals surface area contributed by atoms with Crippen molar-refractivity contribution in [3.63, 3.8) is 0 Å². The summed E-state index contributed by atoms with van der Waals surface area (Å²) >= 11 is 0. The molecule has 0 spiro atoms. The van der Waals surface area contributed by atoms with Crippen LogP contribution in [-0.4, -0.2) is 5.97 Å². The van der Waals surface area contributed by atoms with Crippen molar-refractivity contribution < 1.29 is 9.53 Å². The van der Waals surface area contributed by atoms with Crippen LogP contribution in [-0.2, 0) is 9.53 Å². The summed E-state index contributed by atoms with van der Waals surface area (Å²) in [5, 5.41) is 0. The molecule has 0 amide bonds. The van der Waals surface area contributed by atoms with E-state index in [-0.39, 0.29) is 5.97 Å². The van der Waals surface area contributed by atoms with Gasteiger partial charge in [0.1, 0.15) is 5.76 Å². The highest BCUT2D eigenvalue weighted by atomic mass is 16.5. The Morgan fingerprint density at radius 3 is 2.92 bits per heavy atom. The number of hydrogen-bond acceptors (Lipinski definition) is 2. The van der Waals surface area contributed by atoms with Gasteiger partial charge in [-0.25, -0.2) is 0 Å². The molecule has 0 bridgehead atoms. The van der Waals surface area contributed by atoms with Crippen molar-refractivity contribution in [2.24, 2.45) is 0 Å². The fraction of sp³-hybridized carbons (Fsp3) is 0.727. The molecule has 0 fully saturated rings. The molecular formula is C11H18O2. The minimum absolute atomic E-state index is 0.105. The zero-order valence-electron chi connectivity index (χ0n) is 8.34. The lowest BCUT2D eigenvalue weighted by Gasteiger charge is -2.10. The number of carbonyl (C=O) groups excluding carboxylic acids is 1. The molecule has 0 saturated heterocycles. The molecule has 0 saturated carbocycles. The fourth-order valence-electron chi connectivity index (χ4n) is 1.47. The Morgan fingerprint density at radius 2 is 2.15 bits per heavy atom. The number of carbonyl (C=O) groups is 1. The maximum absolute atomic E-state index is 11.0. The maximum Gasteiger partial charge on any atom is 0.310 e. The Balaban J connectivity index is 2.40. The zero-order chi connectivity index (χ0) is 9.52. The highest BCUT2D eigenvalue weighted by molar-refractivity contribution is 5.70. The van der Waals surface area contributed by atoms with E-state index in [1.807, 2.05) is 6.92 Å². The second kappa shape index (κ2) is 5.79. The van der Waals surface area contributed by atoms with Gasteiger partial charge in [0.2, 0.25) is 0 Å². The van der Waals surface area contributed by atoms with Gasteiger partial charge in [0.25, 0.3) is 0 Å². The van der Waals surface area contributed by atoms with E-state index < -0.39 is 0 Å². The molecule has 1 rings (SSSR count). The second-order valence-electron chi connectivity index (χ2n) is 3.45. The molecule has 0 N–H and O–H groups in total. The van der Waals surface area contributed by atoms with E-state index in [1.165, 1.54) is 19.3 Å². The fourth-order valence-corrected chi connectivity index (χ4v) is 1.47. The van der Waals surface area contributed by atoms with Crippen LogP contribution in [0.15, 0.2) is 11.8 Å². The molecule has 0 unspecified atom stereocenters. The molecular weight excluding hydrogens is 164 g/mol. The van der Waals surface area contributed by atoms with Gasteiger partial charge in [-0.2, -0.15) is 0 Å². The highest BCUT2D eigenvalue weighted by Crippen LogP contribution is 2.18. The zero-order valence-corrected chi connectivity index (χ0v) is 8.34. The van der Waals surface area contributed by atoms with Gasteiger partial charge in [-0.05, 0) is 25.3 Å². The maximum atomic E-state index is 11.0. The molecule has 0 radical (unpaired) electrons. The summed E-state index contributed by atoms with van der Waals surface area (Å²) in [5.41, 5.74) is 0. The van der Waals surface area contributed by atoms with E-state index in [0.29, 0.717) is 6.42 Å². The van der Waals surface area contributed by atoms with Gasteiger partial charge in [0.05, 0.1) is 0 Å². The van der Waals surface area contributed by atoms with Gasteiger partial charge in [-0.3, -0.25) is 4.79 Å². The standard InChI is InChI=1S/C11H18O2/c1-2-11(12)13-10-8-6-4-3-5-7-9-10/h8H,2-7,9H2,1H3/b10-8+. The number of esters is 1. The predicted octanol–water partition coefficient (Wildman–Crippen LogP) is 3.18. The van der Waals surface area contributed by atoms with E-state index in [2.05, 4.69) is 6.08 Å². The Morgan fingerprint density at radius 1 is 1.38 bits per heavy atom. The average Bonchev–Trinajstić information content (AvgIpc) is 2.09. The molecule has 0 aromatic heterocycles. The minimum Gasteiger partial charge on any atom is -0.431 e. The molecule has 0 atom stereocenters. The molecule has 2 nitrogen and oxygen atoms in total. The lowest BCUT2D eigenvalue weighted by Crippen LogP contribution is -2.03. The number of ether oxygens (including phenoxy) is 1. The molecule has 1 aliphatic carbocycles. The summed E-state index contributed by atoms with van der Waals surface area (Å²) in [7, 11) is 0. The number of hydrogen-bond donors (Lipinski definition) is 0. The van der Waals surface area contributed by atoms with Gasteiger partial charge in [-0.15, -0.1) is 0 Å². The third-order valence-electron chi connectivity index (χ3n) is 2.28. The van der Waals surface area contributed by atoms with Crippen molar-refractivity contribution in [2.45, 2.75) is 51.9 Å². The number of rotatable bonds is 2. The van der Waals surface area contributed by atoms with Crippen molar-refractivity contribution in [1.82, 2.24) is 0 Å². The quantitative estimate of drug-likeness (QED) is 0.613. The number of allylic oxidation sites excluding steroid dienone is 2. The van der Waals surface area contributed by atoms with Crippen LogP contribution in [0.4, 0.5) is 0 Å². The van der Waals surface area contributed by atoms with Crippen LogP contribution in [0.3, 0.4) is 0 Å². The van der Waals surface area contributed by atoms with Gasteiger partial charge in [-0.1, -0.05) is 19.8 Å². The SMILES string of the molecule is CCC(=O)O/C1=C/CCCCCC1.